The minimum Gasteiger partial charge on any atom is -0.474 e. The molecule has 3 N–H and O–H groups in total. The highest BCUT2D eigenvalue weighted by molar-refractivity contribution is 5.98. The molecular formula is C23H23F2N5O2. The fraction of sp³-hybridized carbons (Fsp3) is 0.348. The molecule has 1 amide bonds. The molecule has 9 heteroatoms. The van der Waals surface area contributed by atoms with Crippen LogP contribution in [0, 0.1) is 12.7 Å². The number of nitrogens with one attached hydrogen (secondary N) is 3. The van der Waals surface area contributed by atoms with Gasteiger partial charge in [0, 0.05) is 48.3 Å². The number of fused-ring (bicyclic) bond motifs is 2. The number of amides is 1. The number of piperidine rings is 1. The van der Waals surface area contributed by atoms with Crippen LogP contribution in [0.4, 0.5) is 20.3 Å². The quantitative estimate of drug-likeness (QED) is 0.578. The molecule has 0 radical (unpaired) electrons. The monoisotopic (exact) mass is 439 g/mol. The van der Waals surface area contributed by atoms with Crippen molar-refractivity contribution in [3.8, 4) is 17.0 Å². The number of nitrogens with zero attached hydrogens (tertiary/aromatic N) is 2. The Kier molecular flexibility index (Phi) is 5.13. The maximum Gasteiger partial charge on any atom is 0.263 e. The smallest absolute Gasteiger partial charge is 0.263 e. The van der Waals surface area contributed by atoms with E-state index in [4.69, 9.17) is 4.74 Å². The molecule has 0 saturated carbocycles. The number of anilines is 2. The Morgan fingerprint density at radius 2 is 1.91 bits per heavy atom. The first kappa shape index (κ1) is 20.6. The third-order valence-electron chi connectivity index (χ3n) is 6.09. The van der Waals surface area contributed by atoms with Crippen LogP contribution in [0.2, 0.25) is 0 Å². The first-order valence-corrected chi connectivity index (χ1v) is 10.6. The first-order chi connectivity index (χ1) is 15.4. The molecule has 2 aromatic heterocycles. The van der Waals surface area contributed by atoms with Crippen molar-refractivity contribution in [2.75, 3.05) is 36.9 Å². The molecule has 0 unspecified atom stereocenters. The Labute approximate surface area is 183 Å². The molecule has 1 aromatic carbocycles. The number of alkyl halides is 1. The number of carbonyl (C=O) groups is 1. The summed E-state index contributed by atoms with van der Waals surface area (Å²) in [5, 5.41) is 10.1. The minimum atomic E-state index is -1.92. The van der Waals surface area contributed by atoms with E-state index in [2.05, 4.69) is 25.9 Å². The predicted octanol–water partition coefficient (Wildman–Crippen LogP) is 3.58. The maximum absolute atomic E-state index is 15.0. The molecule has 1 fully saturated rings. The van der Waals surface area contributed by atoms with Crippen molar-refractivity contribution >= 4 is 28.2 Å². The average molecular weight is 439 g/mol. The van der Waals surface area contributed by atoms with Gasteiger partial charge in [-0.15, -0.1) is 0 Å². The topological polar surface area (TPSA) is 88.2 Å². The third kappa shape index (κ3) is 3.62. The standard InChI is InChI=1S/C23H23F2N5O2/c1-13-17(12-29-21-20(13)27-6-7-32-21)16-8-14-10-19(28-11-15(14)9-18(16)24)30-22(31)23(25)2-4-26-5-3-23/h8-12,26-27H,2-7H2,1H3,(H,28,30,31). The van der Waals surface area contributed by atoms with Gasteiger partial charge >= 0.3 is 0 Å². The summed E-state index contributed by atoms with van der Waals surface area (Å²) in [5.74, 6) is -0.374. The van der Waals surface area contributed by atoms with Gasteiger partial charge < -0.3 is 20.7 Å². The number of aromatic nitrogens is 2. The second kappa shape index (κ2) is 7.98. The van der Waals surface area contributed by atoms with Gasteiger partial charge in [0.25, 0.3) is 5.91 Å². The van der Waals surface area contributed by atoms with Crippen LogP contribution >= 0.6 is 0 Å². The number of benzene rings is 1. The molecule has 2 aliphatic heterocycles. The summed E-state index contributed by atoms with van der Waals surface area (Å²) >= 11 is 0. The Bertz CT molecular complexity index is 1210. The molecule has 2 aliphatic rings. The molecule has 5 rings (SSSR count). The van der Waals surface area contributed by atoms with Crippen LogP contribution in [0.15, 0.2) is 30.6 Å². The Balaban J connectivity index is 1.49. The zero-order valence-electron chi connectivity index (χ0n) is 17.6. The zero-order valence-corrected chi connectivity index (χ0v) is 17.6. The van der Waals surface area contributed by atoms with Crippen LogP contribution in [-0.2, 0) is 4.79 Å². The molecule has 3 aromatic rings. The van der Waals surface area contributed by atoms with Crippen molar-refractivity contribution < 1.29 is 18.3 Å². The van der Waals surface area contributed by atoms with E-state index in [0.717, 1.165) is 11.3 Å². The normalized spacial score (nSPS) is 17.2. The van der Waals surface area contributed by atoms with Crippen LogP contribution in [0.3, 0.4) is 0 Å². The van der Waals surface area contributed by atoms with Crippen molar-refractivity contribution in [1.82, 2.24) is 15.3 Å². The van der Waals surface area contributed by atoms with Crippen LogP contribution in [0.1, 0.15) is 18.4 Å². The largest absolute Gasteiger partial charge is 0.474 e. The molecule has 166 valence electrons. The number of rotatable bonds is 3. The predicted molar refractivity (Wildman–Crippen MR) is 118 cm³/mol. The molecule has 32 heavy (non-hydrogen) atoms. The molecule has 0 bridgehead atoms. The second-order valence-corrected chi connectivity index (χ2v) is 8.17. The van der Waals surface area contributed by atoms with E-state index < -0.39 is 17.4 Å². The average Bonchev–Trinajstić information content (AvgIpc) is 2.80. The van der Waals surface area contributed by atoms with Crippen molar-refractivity contribution in [3.05, 3.63) is 42.0 Å². The fourth-order valence-corrected chi connectivity index (χ4v) is 4.21. The summed E-state index contributed by atoms with van der Waals surface area (Å²) in [6.45, 7) is 3.97. The molecular weight excluding hydrogens is 416 g/mol. The van der Waals surface area contributed by atoms with E-state index in [0.29, 0.717) is 54.0 Å². The van der Waals surface area contributed by atoms with Crippen LogP contribution in [-0.4, -0.2) is 47.8 Å². The molecule has 7 nitrogen and oxygen atoms in total. The molecule has 0 atom stereocenters. The number of pyridine rings is 2. The third-order valence-corrected chi connectivity index (χ3v) is 6.09. The number of halogens is 2. The van der Waals surface area contributed by atoms with Crippen molar-refractivity contribution in [2.24, 2.45) is 0 Å². The van der Waals surface area contributed by atoms with E-state index in [1.807, 2.05) is 6.92 Å². The summed E-state index contributed by atoms with van der Waals surface area (Å²) < 4.78 is 35.5. The van der Waals surface area contributed by atoms with Crippen LogP contribution < -0.4 is 20.7 Å². The zero-order chi connectivity index (χ0) is 22.3. The lowest BCUT2D eigenvalue weighted by Crippen LogP contribution is -2.47. The number of carbonyl (C=O) groups excluding carboxylic acids is 1. The SMILES string of the molecule is Cc1c(-c2cc3cc(NC(=O)C4(F)CCNCC4)ncc3cc2F)cnc2c1NCCO2. The van der Waals surface area contributed by atoms with E-state index in [9.17, 15) is 13.6 Å². The lowest BCUT2D eigenvalue weighted by Gasteiger charge is -2.28. The highest BCUT2D eigenvalue weighted by atomic mass is 19.1. The van der Waals surface area contributed by atoms with Gasteiger partial charge in [0.1, 0.15) is 23.9 Å². The molecule has 4 heterocycles. The van der Waals surface area contributed by atoms with E-state index in [1.165, 1.54) is 12.3 Å². The Morgan fingerprint density at radius 1 is 1.09 bits per heavy atom. The highest BCUT2D eigenvalue weighted by Crippen LogP contribution is 2.37. The van der Waals surface area contributed by atoms with Gasteiger partial charge in [-0.2, -0.15) is 0 Å². The van der Waals surface area contributed by atoms with Gasteiger partial charge in [-0.3, -0.25) is 4.79 Å². The first-order valence-electron chi connectivity index (χ1n) is 10.6. The number of hydrogen-bond acceptors (Lipinski definition) is 6. The van der Waals surface area contributed by atoms with Crippen molar-refractivity contribution in [3.63, 3.8) is 0 Å². The summed E-state index contributed by atoms with van der Waals surface area (Å²) in [5.41, 5.74) is 0.686. The van der Waals surface area contributed by atoms with Gasteiger partial charge in [0.05, 0.1) is 0 Å². The van der Waals surface area contributed by atoms with Gasteiger partial charge in [0.2, 0.25) is 5.88 Å². The van der Waals surface area contributed by atoms with Gasteiger partial charge in [0.15, 0.2) is 5.67 Å². The highest BCUT2D eigenvalue weighted by Gasteiger charge is 2.39. The summed E-state index contributed by atoms with van der Waals surface area (Å²) in [7, 11) is 0. The summed E-state index contributed by atoms with van der Waals surface area (Å²) in [4.78, 5) is 21.0. The Hall–Kier alpha value is -3.33. The fourth-order valence-electron chi connectivity index (χ4n) is 4.21. The second-order valence-electron chi connectivity index (χ2n) is 8.17. The van der Waals surface area contributed by atoms with Crippen molar-refractivity contribution in [1.29, 1.82) is 0 Å². The molecule has 1 saturated heterocycles. The van der Waals surface area contributed by atoms with Gasteiger partial charge in [-0.25, -0.2) is 18.7 Å². The van der Waals surface area contributed by atoms with E-state index >= 15 is 0 Å². The van der Waals surface area contributed by atoms with E-state index in [1.54, 1.807) is 18.3 Å². The van der Waals surface area contributed by atoms with E-state index in [-0.39, 0.29) is 18.7 Å². The van der Waals surface area contributed by atoms with Gasteiger partial charge in [-0.05, 0) is 49.2 Å². The number of ether oxygens (including phenoxy) is 1. The lowest BCUT2D eigenvalue weighted by molar-refractivity contribution is -0.129. The minimum absolute atomic E-state index is 0.115. The lowest BCUT2D eigenvalue weighted by atomic mass is 9.93. The maximum atomic E-state index is 15.0. The van der Waals surface area contributed by atoms with Crippen molar-refractivity contribution in [2.45, 2.75) is 25.4 Å². The van der Waals surface area contributed by atoms with Crippen LogP contribution in [0.5, 0.6) is 5.88 Å². The summed E-state index contributed by atoms with van der Waals surface area (Å²) in [6, 6.07) is 4.72. The van der Waals surface area contributed by atoms with Gasteiger partial charge in [-0.1, -0.05) is 0 Å². The number of hydrogen-bond donors (Lipinski definition) is 3. The summed E-state index contributed by atoms with van der Waals surface area (Å²) in [6.07, 6.45) is 3.30. The molecule has 0 aliphatic carbocycles. The Morgan fingerprint density at radius 3 is 2.72 bits per heavy atom. The molecule has 0 spiro atoms. The van der Waals surface area contributed by atoms with Crippen LogP contribution in [0.25, 0.3) is 21.9 Å².